The number of ether oxygens (including phenoxy) is 1. The summed E-state index contributed by atoms with van der Waals surface area (Å²) in [6.45, 7) is 1.54. The Morgan fingerprint density at radius 1 is 1.09 bits per heavy atom. The van der Waals surface area contributed by atoms with Crippen molar-refractivity contribution < 1.29 is 31.2 Å². The monoisotopic (exact) mass is 525 g/mol. The smallest absolute Gasteiger partial charge is 0.326 e. The third-order valence-corrected chi connectivity index (χ3v) is 8.20. The van der Waals surface area contributed by atoms with Gasteiger partial charge in [0.1, 0.15) is 6.54 Å². The Kier molecular flexibility index (Phi) is 8.02. The molecule has 3 aromatic rings. The average molecular weight is 526 g/mol. The first kappa shape index (κ1) is 25.7. The fraction of sp³-hybridized carbons (Fsp3) is 0.286. The van der Waals surface area contributed by atoms with Gasteiger partial charge >= 0.3 is 5.97 Å². The number of aromatic nitrogens is 1. The second-order valence-corrected chi connectivity index (χ2v) is 12.0. The van der Waals surface area contributed by atoms with Crippen LogP contribution in [0.15, 0.2) is 58.4 Å². The van der Waals surface area contributed by atoms with Crippen LogP contribution >= 0.6 is 11.3 Å². The van der Waals surface area contributed by atoms with Gasteiger partial charge in [-0.3, -0.25) is 9.59 Å². The largest absolute Gasteiger partial charge is 0.465 e. The Balaban J connectivity index is 1.90. The highest BCUT2D eigenvalue weighted by Crippen LogP contribution is 2.21. The Hall–Kier alpha value is -2.87. The minimum atomic E-state index is -3.96. The molecule has 0 saturated carbocycles. The molecule has 0 saturated heterocycles. The highest BCUT2D eigenvalue weighted by Gasteiger charge is 2.17. The zero-order valence-corrected chi connectivity index (χ0v) is 20.7. The van der Waals surface area contributed by atoms with Crippen molar-refractivity contribution in [2.24, 2.45) is 10.1 Å². The van der Waals surface area contributed by atoms with Gasteiger partial charge < -0.3 is 9.30 Å². The van der Waals surface area contributed by atoms with Gasteiger partial charge in [-0.2, -0.15) is 4.99 Å². The van der Waals surface area contributed by atoms with Crippen molar-refractivity contribution in [2.75, 3.05) is 12.4 Å². The first-order valence-corrected chi connectivity index (χ1v) is 14.3. The summed E-state index contributed by atoms with van der Waals surface area (Å²) in [5, 5.41) is 5.19. The Morgan fingerprint density at radius 2 is 1.79 bits per heavy atom. The molecule has 0 bridgehead atoms. The van der Waals surface area contributed by atoms with Crippen molar-refractivity contribution in [3.05, 3.63) is 58.9 Å². The predicted molar refractivity (Wildman–Crippen MR) is 127 cm³/mol. The Bertz CT molecular complexity index is 1490. The second-order valence-electron chi connectivity index (χ2n) is 7.28. The molecule has 0 fully saturated rings. The topological polar surface area (TPSA) is 155 Å². The summed E-state index contributed by atoms with van der Waals surface area (Å²) in [5.41, 5.74) is 1.07. The number of amides is 1. The number of rotatable bonds is 9. The highest BCUT2D eigenvalue weighted by molar-refractivity contribution is 7.90. The number of carbonyl (C=O) groups excluding carboxylic acids is 2. The maximum absolute atomic E-state index is 12.5. The first-order valence-electron chi connectivity index (χ1n) is 10.1. The van der Waals surface area contributed by atoms with Crippen molar-refractivity contribution >= 4 is 53.3 Å². The molecule has 0 aliphatic heterocycles. The molecule has 1 aromatic heterocycles. The molecule has 2 N–H and O–H groups in total. The molecule has 34 heavy (non-hydrogen) atoms. The van der Waals surface area contributed by atoms with E-state index in [9.17, 15) is 26.4 Å². The van der Waals surface area contributed by atoms with Crippen LogP contribution in [0.5, 0.6) is 0 Å². The number of fused-ring (bicyclic) bond motifs is 1. The first-order chi connectivity index (χ1) is 16.0. The third-order valence-electron chi connectivity index (χ3n) is 4.65. The maximum Gasteiger partial charge on any atom is 0.326 e. The zero-order valence-electron chi connectivity index (χ0n) is 18.2. The van der Waals surface area contributed by atoms with Crippen LogP contribution in [-0.2, 0) is 46.5 Å². The van der Waals surface area contributed by atoms with Gasteiger partial charge in [-0.25, -0.2) is 22.0 Å². The molecule has 182 valence electrons. The van der Waals surface area contributed by atoms with Gasteiger partial charge in [0.15, 0.2) is 14.6 Å². The van der Waals surface area contributed by atoms with Crippen molar-refractivity contribution in [1.29, 1.82) is 0 Å². The van der Waals surface area contributed by atoms with Crippen LogP contribution in [0.1, 0.15) is 18.9 Å². The molecule has 1 heterocycles. The normalized spacial score (nSPS) is 12.7. The van der Waals surface area contributed by atoms with Gasteiger partial charge in [0.25, 0.3) is 0 Å². The number of nitrogens with two attached hydrogens (primary N) is 1. The molecule has 0 spiro atoms. The van der Waals surface area contributed by atoms with E-state index < -0.39 is 31.7 Å². The van der Waals surface area contributed by atoms with Crippen molar-refractivity contribution in [3.63, 3.8) is 0 Å². The molecule has 10 nitrogen and oxygen atoms in total. The molecule has 13 heteroatoms. The van der Waals surface area contributed by atoms with Crippen molar-refractivity contribution in [2.45, 2.75) is 30.5 Å². The van der Waals surface area contributed by atoms with Gasteiger partial charge in [-0.05, 0) is 30.7 Å². The lowest BCUT2D eigenvalue weighted by molar-refractivity contribution is -0.143. The lowest BCUT2D eigenvalue weighted by Gasteiger charge is -2.06. The number of hydrogen-bond acceptors (Lipinski definition) is 8. The van der Waals surface area contributed by atoms with Gasteiger partial charge in [0.2, 0.25) is 15.9 Å². The Morgan fingerprint density at radius 3 is 2.44 bits per heavy atom. The summed E-state index contributed by atoms with van der Waals surface area (Å²) < 4.78 is 55.0. The predicted octanol–water partition coefficient (Wildman–Crippen LogP) is 1.35. The molecule has 0 aliphatic rings. The van der Waals surface area contributed by atoms with Gasteiger partial charge in [0.05, 0.1) is 33.2 Å². The van der Waals surface area contributed by atoms with E-state index in [2.05, 4.69) is 4.99 Å². The van der Waals surface area contributed by atoms with E-state index in [0.717, 1.165) is 11.3 Å². The SMILES string of the molecule is CCOC(=O)Cn1c(=NC(=O)CCS(=O)(=O)Cc2ccccc2)sc2cc(S(N)(=O)=O)ccc21. The molecule has 0 unspecified atom stereocenters. The van der Waals surface area contributed by atoms with E-state index in [1.165, 1.54) is 22.8 Å². The van der Waals surface area contributed by atoms with Crippen molar-refractivity contribution in [1.82, 2.24) is 4.57 Å². The highest BCUT2D eigenvalue weighted by atomic mass is 32.2. The van der Waals surface area contributed by atoms with E-state index in [4.69, 9.17) is 9.88 Å². The number of primary sulfonamides is 1. The van der Waals surface area contributed by atoms with Crippen LogP contribution in [0, 0.1) is 0 Å². The van der Waals surface area contributed by atoms with E-state index in [1.807, 2.05) is 0 Å². The number of carbonyl (C=O) groups is 2. The molecular weight excluding hydrogens is 502 g/mol. The molecule has 0 aliphatic carbocycles. The van der Waals surface area contributed by atoms with Crippen LogP contribution in [0.3, 0.4) is 0 Å². The Labute approximate surface area is 200 Å². The van der Waals surface area contributed by atoms with Crippen LogP contribution < -0.4 is 9.94 Å². The number of benzene rings is 2. The molecule has 3 rings (SSSR count). The number of esters is 1. The number of thiazole rings is 1. The summed E-state index contributed by atoms with van der Waals surface area (Å²) in [6.07, 6.45) is -0.342. The minimum Gasteiger partial charge on any atom is -0.465 e. The van der Waals surface area contributed by atoms with E-state index in [-0.39, 0.29) is 40.8 Å². The average Bonchev–Trinajstić information content (AvgIpc) is 3.08. The number of nitrogens with zero attached hydrogens (tertiary/aromatic N) is 2. The standard InChI is InChI=1S/C21H23N3O7S3/c1-2-31-20(26)13-24-17-9-8-16(34(22,29)30)12-18(17)32-21(24)23-19(25)10-11-33(27,28)14-15-6-4-3-5-7-15/h3-9,12H,2,10-11,13-14H2,1H3,(H2,22,29,30). The van der Waals surface area contributed by atoms with Gasteiger partial charge in [-0.1, -0.05) is 41.7 Å². The van der Waals surface area contributed by atoms with E-state index in [1.54, 1.807) is 37.3 Å². The summed E-state index contributed by atoms with van der Waals surface area (Å²) in [4.78, 5) is 28.6. The number of sulfonamides is 1. The lowest BCUT2D eigenvalue weighted by atomic mass is 10.2. The zero-order chi connectivity index (χ0) is 24.9. The van der Waals surface area contributed by atoms with Crippen molar-refractivity contribution in [3.8, 4) is 0 Å². The molecule has 0 radical (unpaired) electrons. The van der Waals surface area contributed by atoms with Crippen LogP contribution in [0.2, 0.25) is 0 Å². The van der Waals surface area contributed by atoms with Crippen LogP contribution in [0.25, 0.3) is 10.2 Å². The van der Waals surface area contributed by atoms with Gasteiger partial charge in [0, 0.05) is 6.42 Å². The summed E-state index contributed by atoms with van der Waals surface area (Å²) in [7, 11) is -7.51. The second kappa shape index (κ2) is 10.6. The fourth-order valence-electron chi connectivity index (χ4n) is 3.11. The molecule has 2 aromatic carbocycles. The minimum absolute atomic E-state index is 0.111. The quantitative estimate of drug-likeness (QED) is 0.413. The summed E-state index contributed by atoms with van der Waals surface area (Å²) in [6, 6.07) is 12.7. The summed E-state index contributed by atoms with van der Waals surface area (Å²) >= 11 is 0.977. The third kappa shape index (κ3) is 6.82. The maximum atomic E-state index is 12.5. The van der Waals surface area contributed by atoms with Crippen LogP contribution in [-0.4, -0.2) is 45.6 Å². The summed E-state index contributed by atoms with van der Waals surface area (Å²) in [5.74, 6) is -1.84. The van der Waals surface area contributed by atoms with Gasteiger partial charge in [-0.15, -0.1) is 0 Å². The van der Waals surface area contributed by atoms with E-state index >= 15 is 0 Å². The lowest BCUT2D eigenvalue weighted by Crippen LogP contribution is -2.23. The molecule has 1 amide bonds. The molecular formula is C21H23N3O7S3. The number of hydrogen-bond donors (Lipinski definition) is 1. The van der Waals surface area contributed by atoms with Crippen LogP contribution in [0.4, 0.5) is 0 Å². The molecule has 0 atom stereocenters. The van der Waals surface area contributed by atoms with E-state index in [0.29, 0.717) is 15.8 Å². The number of sulfone groups is 1. The fourth-order valence-corrected chi connectivity index (χ4v) is 6.14.